The fourth-order valence-electron chi connectivity index (χ4n) is 1.62. The third kappa shape index (κ3) is 3.90. The number of hydrogen-bond acceptors (Lipinski definition) is 6. The van der Waals surface area contributed by atoms with Gasteiger partial charge in [-0.3, -0.25) is 10.1 Å². The van der Waals surface area contributed by atoms with Crippen LogP contribution in [0.25, 0.3) is 10.7 Å². The molecular weight excluding hydrogens is 386 g/mol. The minimum atomic E-state index is -0.267. The van der Waals surface area contributed by atoms with Crippen molar-refractivity contribution in [2.24, 2.45) is 0 Å². The number of thiophene rings is 1. The van der Waals surface area contributed by atoms with Gasteiger partial charge in [0.25, 0.3) is 5.91 Å². The predicted molar refractivity (Wildman–Crippen MR) is 91.5 cm³/mol. The molecule has 0 unspecified atom stereocenters. The monoisotopic (exact) mass is 395 g/mol. The van der Waals surface area contributed by atoms with Crippen LogP contribution in [0.2, 0.25) is 0 Å². The average Bonchev–Trinajstić information content (AvgIpc) is 3.17. The van der Waals surface area contributed by atoms with Crippen LogP contribution in [0.4, 0.5) is 5.13 Å². The highest BCUT2D eigenvalue weighted by Crippen LogP contribution is 2.25. The summed E-state index contributed by atoms with van der Waals surface area (Å²) in [6.07, 6.45) is 0. The van der Waals surface area contributed by atoms with E-state index in [0.29, 0.717) is 16.7 Å². The molecule has 2 aromatic heterocycles. The van der Waals surface area contributed by atoms with Crippen molar-refractivity contribution in [3.8, 4) is 16.5 Å². The molecule has 3 aromatic rings. The molecule has 0 aliphatic rings. The van der Waals surface area contributed by atoms with Crippen molar-refractivity contribution in [1.82, 2.24) is 9.36 Å². The van der Waals surface area contributed by atoms with Crippen molar-refractivity contribution in [3.63, 3.8) is 0 Å². The van der Waals surface area contributed by atoms with Gasteiger partial charge in [0.05, 0.1) is 4.88 Å². The Labute approximate surface area is 143 Å². The lowest BCUT2D eigenvalue weighted by Gasteiger charge is -2.05. The maximum atomic E-state index is 11.8. The van der Waals surface area contributed by atoms with E-state index >= 15 is 0 Å². The van der Waals surface area contributed by atoms with Crippen LogP contribution < -0.4 is 10.1 Å². The number of anilines is 1. The fourth-order valence-corrected chi connectivity index (χ4v) is 3.19. The Morgan fingerprint density at radius 2 is 2.09 bits per heavy atom. The molecule has 2 heterocycles. The number of amides is 1. The highest BCUT2D eigenvalue weighted by Gasteiger charge is 2.10. The number of halogens is 1. The summed E-state index contributed by atoms with van der Waals surface area (Å²) in [5, 5.41) is 5.11. The van der Waals surface area contributed by atoms with Crippen molar-refractivity contribution in [2.75, 3.05) is 11.9 Å². The predicted octanol–water partition coefficient (Wildman–Crippen LogP) is 4.05. The van der Waals surface area contributed by atoms with Gasteiger partial charge in [-0.2, -0.15) is 9.36 Å². The molecule has 0 saturated carbocycles. The van der Waals surface area contributed by atoms with Crippen LogP contribution >= 0.6 is 38.8 Å². The minimum Gasteiger partial charge on any atom is -0.484 e. The second-order valence-electron chi connectivity index (χ2n) is 4.19. The van der Waals surface area contributed by atoms with E-state index in [4.69, 9.17) is 4.74 Å². The molecule has 0 atom stereocenters. The lowest BCUT2D eigenvalue weighted by molar-refractivity contribution is -0.118. The van der Waals surface area contributed by atoms with Crippen molar-refractivity contribution >= 4 is 49.8 Å². The number of nitrogens with one attached hydrogen (secondary N) is 1. The van der Waals surface area contributed by atoms with E-state index in [0.717, 1.165) is 20.9 Å². The van der Waals surface area contributed by atoms with Crippen LogP contribution in [0, 0.1) is 0 Å². The molecule has 22 heavy (non-hydrogen) atoms. The summed E-state index contributed by atoms with van der Waals surface area (Å²) in [7, 11) is 0. The molecule has 1 aromatic carbocycles. The number of carbonyl (C=O) groups excluding carboxylic acids is 1. The van der Waals surface area contributed by atoms with E-state index in [1.807, 2.05) is 29.6 Å². The van der Waals surface area contributed by atoms with E-state index in [2.05, 4.69) is 30.6 Å². The first-order valence-electron chi connectivity index (χ1n) is 6.26. The van der Waals surface area contributed by atoms with Gasteiger partial charge in [-0.1, -0.05) is 22.0 Å². The molecule has 8 heteroatoms. The number of rotatable bonds is 5. The Bertz CT molecular complexity index is 757. The SMILES string of the molecule is O=C(COc1ccc(Br)cc1)Nc1nc(-c2cccs2)ns1. The van der Waals surface area contributed by atoms with Crippen LogP contribution in [0.15, 0.2) is 46.3 Å². The van der Waals surface area contributed by atoms with E-state index in [-0.39, 0.29) is 12.5 Å². The zero-order chi connectivity index (χ0) is 15.4. The number of carbonyl (C=O) groups is 1. The summed E-state index contributed by atoms with van der Waals surface area (Å²) in [6.45, 7) is -0.0739. The molecule has 1 N–H and O–H groups in total. The Hall–Kier alpha value is -1.77. The summed E-state index contributed by atoms with van der Waals surface area (Å²) in [4.78, 5) is 17.1. The maximum Gasteiger partial charge on any atom is 0.264 e. The molecule has 0 saturated heterocycles. The van der Waals surface area contributed by atoms with E-state index in [1.54, 1.807) is 23.5 Å². The second kappa shape index (κ2) is 6.99. The highest BCUT2D eigenvalue weighted by atomic mass is 79.9. The summed E-state index contributed by atoms with van der Waals surface area (Å²) in [5.74, 6) is 0.996. The Morgan fingerprint density at radius 3 is 2.82 bits per heavy atom. The van der Waals surface area contributed by atoms with Crippen LogP contribution in [-0.4, -0.2) is 21.9 Å². The lowest BCUT2D eigenvalue weighted by atomic mass is 10.3. The number of nitrogens with zero attached hydrogens (tertiary/aromatic N) is 2. The molecule has 0 aliphatic heterocycles. The largest absolute Gasteiger partial charge is 0.484 e. The van der Waals surface area contributed by atoms with Gasteiger partial charge in [-0.15, -0.1) is 11.3 Å². The molecule has 1 amide bonds. The summed E-state index contributed by atoms with van der Waals surface area (Å²) < 4.78 is 10.6. The van der Waals surface area contributed by atoms with Gasteiger partial charge in [0.1, 0.15) is 5.75 Å². The van der Waals surface area contributed by atoms with Gasteiger partial charge < -0.3 is 4.74 Å². The van der Waals surface area contributed by atoms with E-state index < -0.39 is 0 Å². The van der Waals surface area contributed by atoms with Crippen molar-refractivity contribution in [2.45, 2.75) is 0 Å². The average molecular weight is 396 g/mol. The Morgan fingerprint density at radius 1 is 1.27 bits per heavy atom. The van der Waals surface area contributed by atoms with Gasteiger partial charge >= 0.3 is 0 Å². The molecule has 0 fully saturated rings. The normalized spacial score (nSPS) is 10.4. The highest BCUT2D eigenvalue weighted by molar-refractivity contribution is 9.10. The molecule has 0 spiro atoms. The number of ether oxygens (including phenoxy) is 1. The third-order valence-electron chi connectivity index (χ3n) is 2.60. The topological polar surface area (TPSA) is 64.1 Å². The van der Waals surface area contributed by atoms with Crippen LogP contribution in [-0.2, 0) is 4.79 Å². The summed E-state index contributed by atoms with van der Waals surface area (Å²) in [5.41, 5.74) is 0. The zero-order valence-electron chi connectivity index (χ0n) is 11.2. The number of hydrogen-bond donors (Lipinski definition) is 1. The maximum absolute atomic E-state index is 11.8. The Balaban J connectivity index is 1.54. The van der Waals surface area contributed by atoms with Crippen molar-refractivity contribution in [3.05, 3.63) is 46.3 Å². The first-order chi connectivity index (χ1) is 10.7. The van der Waals surface area contributed by atoms with Gasteiger partial charge in [-0.25, -0.2) is 0 Å². The van der Waals surface area contributed by atoms with Gasteiger partial charge in [0.2, 0.25) is 5.13 Å². The Kier molecular flexibility index (Phi) is 4.81. The fraction of sp³-hybridized carbons (Fsp3) is 0.0714. The van der Waals surface area contributed by atoms with E-state index in [9.17, 15) is 4.79 Å². The quantitative estimate of drug-likeness (QED) is 0.707. The third-order valence-corrected chi connectivity index (χ3v) is 4.62. The lowest BCUT2D eigenvalue weighted by Crippen LogP contribution is -2.20. The molecule has 112 valence electrons. The van der Waals surface area contributed by atoms with Crippen LogP contribution in [0.5, 0.6) is 5.75 Å². The first-order valence-corrected chi connectivity index (χ1v) is 8.71. The van der Waals surface area contributed by atoms with Gasteiger partial charge in [0.15, 0.2) is 12.4 Å². The van der Waals surface area contributed by atoms with Crippen molar-refractivity contribution < 1.29 is 9.53 Å². The van der Waals surface area contributed by atoms with Crippen LogP contribution in [0.1, 0.15) is 0 Å². The molecule has 3 rings (SSSR count). The smallest absolute Gasteiger partial charge is 0.264 e. The van der Waals surface area contributed by atoms with Crippen molar-refractivity contribution in [1.29, 1.82) is 0 Å². The molecule has 0 radical (unpaired) electrons. The summed E-state index contributed by atoms with van der Waals surface area (Å²) in [6, 6.07) is 11.2. The molecule has 0 bridgehead atoms. The molecule has 0 aliphatic carbocycles. The van der Waals surface area contributed by atoms with E-state index in [1.165, 1.54) is 0 Å². The number of aromatic nitrogens is 2. The van der Waals surface area contributed by atoms with Crippen LogP contribution in [0.3, 0.4) is 0 Å². The van der Waals surface area contributed by atoms with Gasteiger partial charge in [-0.05, 0) is 35.7 Å². The first kappa shape index (κ1) is 15.1. The molecular formula is C14H10BrN3O2S2. The summed E-state index contributed by atoms with van der Waals surface area (Å²) >= 11 is 6.05. The van der Waals surface area contributed by atoms with Gasteiger partial charge in [0, 0.05) is 16.0 Å². The standard InChI is InChI=1S/C14H10BrN3O2S2/c15-9-3-5-10(6-4-9)20-8-12(19)16-14-17-13(18-22-14)11-2-1-7-21-11/h1-7H,8H2,(H,16,17,18,19). The number of benzene rings is 1. The molecule has 5 nitrogen and oxygen atoms in total. The zero-order valence-corrected chi connectivity index (χ0v) is 14.4. The second-order valence-corrected chi connectivity index (χ2v) is 6.81. The minimum absolute atomic E-state index is 0.0739.